The van der Waals surface area contributed by atoms with E-state index in [1.807, 2.05) is 0 Å². The van der Waals surface area contributed by atoms with Crippen LogP contribution in [0.1, 0.15) is 32.6 Å². The first-order valence-corrected chi connectivity index (χ1v) is 6.14. The van der Waals surface area contributed by atoms with Crippen molar-refractivity contribution in [2.24, 2.45) is 0 Å². The van der Waals surface area contributed by atoms with Gasteiger partial charge >= 0.3 is 0 Å². The summed E-state index contributed by atoms with van der Waals surface area (Å²) in [6.45, 7) is 4.31. The lowest BCUT2D eigenvalue weighted by Crippen LogP contribution is -2.44. The lowest BCUT2D eigenvalue weighted by molar-refractivity contribution is 0.0403. The van der Waals surface area contributed by atoms with E-state index in [0.29, 0.717) is 6.10 Å². The number of hydrogen-bond donors (Lipinski definition) is 0. The lowest BCUT2D eigenvalue weighted by atomic mass is 9.91. The molecule has 1 aliphatic carbocycles. The van der Waals surface area contributed by atoms with Gasteiger partial charge in [0.1, 0.15) is 0 Å². The quantitative estimate of drug-likeness (QED) is 0.611. The van der Waals surface area contributed by atoms with E-state index in [2.05, 4.69) is 11.8 Å². The van der Waals surface area contributed by atoms with Crippen LogP contribution in [0.2, 0.25) is 0 Å². The molecule has 0 saturated heterocycles. The molecule has 2 nitrogen and oxygen atoms in total. The van der Waals surface area contributed by atoms with E-state index in [-0.39, 0.29) is 0 Å². The van der Waals surface area contributed by atoms with Crippen molar-refractivity contribution in [1.29, 1.82) is 0 Å². The Hall–Kier alpha value is 0.210. The minimum atomic E-state index is 0.339. The minimum Gasteiger partial charge on any atom is -0.380 e. The van der Waals surface area contributed by atoms with Crippen LogP contribution in [0.5, 0.6) is 0 Å². The number of hydrogen-bond acceptors (Lipinski definition) is 2. The Morgan fingerprint density at radius 1 is 1.50 bits per heavy atom. The van der Waals surface area contributed by atoms with E-state index in [9.17, 15) is 0 Å². The molecule has 0 spiro atoms. The van der Waals surface area contributed by atoms with E-state index in [0.717, 1.165) is 31.4 Å². The fourth-order valence-corrected chi connectivity index (χ4v) is 1.96. The molecule has 84 valence electrons. The molecular formula is C11H22ClNO. The summed E-state index contributed by atoms with van der Waals surface area (Å²) in [5.74, 6) is 0.768. The van der Waals surface area contributed by atoms with E-state index in [1.54, 1.807) is 7.11 Å². The standard InChI is InChI=1S/C11H22ClNO/c1-10(14-2)9-13(8-4-7-12)11-5-3-6-11/h10-11H,3-9H2,1-2H3. The zero-order valence-electron chi connectivity index (χ0n) is 9.34. The molecule has 0 heterocycles. The van der Waals surface area contributed by atoms with Crippen LogP contribution < -0.4 is 0 Å². The molecule has 0 aromatic rings. The van der Waals surface area contributed by atoms with Gasteiger partial charge < -0.3 is 4.74 Å². The Bertz CT molecular complexity index is 150. The van der Waals surface area contributed by atoms with Gasteiger partial charge in [0.2, 0.25) is 0 Å². The van der Waals surface area contributed by atoms with Gasteiger partial charge in [-0.1, -0.05) is 6.42 Å². The predicted molar refractivity (Wildman–Crippen MR) is 61.0 cm³/mol. The molecule has 1 saturated carbocycles. The summed E-state index contributed by atoms with van der Waals surface area (Å²) in [4.78, 5) is 2.54. The first-order chi connectivity index (χ1) is 6.77. The van der Waals surface area contributed by atoms with Crippen LogP contribution in [0.25, 0.3) is 0 Å². The molecule has 1 rings (SSSR count). The molecule has 0 aromatic carbocycles. The summed E-state index contributed by atoms with van der Waals surface area (Å²) in [6, 6.07) is 0.802. The molecule has 1 unspecified atom stereocenters. The Labute approximate surface area is 92.6 Å². The molecule has 3 heteroatoms. The van der Waals surface area contributed by atoms with Crippen LogP contribution >= 0.6 is 11.6 Å². The molecule has 0 radical (unpaired) electrons. The molecule has 0 amide bonds. The lowest BCUT2D eigenvalue weighted by Gasteiger charge is -2.38. The zero-order valence-corrected chi connectivity index (χ0v) is 10.1. The third kappa shape index (κ3) is 3.76. The van der Waals surface area contributed by atoms with E-state index in [1.165, 1.54) is 19.3 Å². The largest absolute Gasteiger partial charge is 0.380 e. The summed E-state index contributed by atoms with van der Waals surface area (Å²) in [5.41, 5.74) is 0. The van der Waals surface area contributed by atoms with Crippen LogP contribution in [0.3, 0.4) is 0 Å². The first kappa shape index (κ1) is 12.3. The van der Waals surface area contributed by atoms with E-state index >= 15 is 0 Å². The normalized spacial score (nSPS) is 19.7. The zero-order chi connectivity index (χ0) is 10.4. The van der Waals surface area contributed by atoms with Crippen molar-refractivity contribution in [3.63, 3.8) is 0 Å². The van der Waals surface area contributed by atoms with Crippen LogP contribution in [0.15, 0.2) is 0 Å². The van der Waals surface area contributed by atoms with Crippen molar-refractivity contribution >= 4 is 11.6 Å². The smallest absolute Gasteiger partial charge is 0.0670 e. The van der Waals surface area contributed by atoms with Gasteiger partial charge in [0.15, 0.2) is 0 Å². The SMILES string of the molecule is COC(C)CN(CCCCl)C1CCC1. The number of rotatable bonds is 7. The third-order valence-corrected chi connectivity index (χ3v) is 3.33. The average Bonchev–Trinajstić information content (AvgIpc) is 2.11. The fraction of sp³-hybridized carbons (Fsp3) is 1.00. The van der Waals surface area contributed by atoms with Crippen molar-refractivity contribution < 1.29 is 4.74 Å². The van der Waals surface area contributed by atoms with Gasteiger partial charge in [-0.25, -0.2) is 0 Å². The molecular weight excluding hydrogens is 198 g/mol. The number of halogens is 1. The summed E-state index contributed by atoms with van der Waals surface area (Å²) in [7, 11) is 1.78. The molecule has 1 fully saturated rings. The molecule has 0 aromatic heterocycles. The highest BCUT2D eigenvalue weighted by molar-refractivity contribution is 6.17. The van der Waals surface area contributed by atoms with Gasteiger partial charge in [0.05, 0.1) is 6.10 Å². The van der Waals surface area contributed by atoms with Crippen LogP contribution in [-0.2, 0) is 4.74 Å². The van der Waals surface area contributed by atoms with Crippen molar-refractivity contribution in [2.45, 2.75) is 44.8 Å². The summed E-state index contributed by atoms with van der Waals surface area (Å²) < 4.78 is 5.30. The van der Waals surface area contributed by atoms with Gasteiger partial charge in [0.25, 0.3) is 0 Å². The van der Waals surface area contributed by atoms with Gasteiger partial charge in [-0.05, 0) is 32.7 Å². The number of nitrogens with zero attached hydrogens (tertiary/aromatic N) is 1. The minimum absolute atomic E-state index is 0.339. The molecule has 1 aliphatic rings. The maximum absolute atomic E-state index is 5.72. The first-order valence-electron chi connectivity index (χ1n) is 5.60. The van der Waals surface area contributed by atoms with Crippen molar-refractivity contribution in [3.8, 4) is 0 Å². The predicted octanol–water partition coefficient (Wildman–Crippen LogP) is 2.50. The monoisotopic (exact) mass is 219 g/mol. The van der Waals surface area contributed by atoms with Crippen molar-refractivity contribution in [3.05, 3.63) is 0 Å². The average molecular weight is 220 g/mol. The van der Waals surface area contributed by atoms with Crippen LogP contribution in [-0.4, -0.2) is 43.1 Å². The molecule has 0 bridgehead atoms. The second-order valence-corrected chi connectivity index (χ2v) is 4.55. The fourth-order valence-electron chi connectivity index (χ4n) is 1.84. The third-order valence-electron chi connectivity index (χ3n) is 3.06. The second kappa shape index (κ2) is 6.65. The highest BCUT2D eigenvalue weighted by Gasteiger charge is 2.25. The van der Waals surface area contributed by atoms with E-state index in [4.69, 9.17) is 16.3 Å². The number of ether oxygens (including phenoxy) is 1. The Morgan fingerprint density at radius 2 is 2.21 bits per heavy atom. The van der Waals surface area contributed by atoms with Gasteiger partial charge in [-0.2, -0.15) is 0 Å². The topological polar surface area (TPSA) is 12.5 Å². The summed E-state index contributed by atoms with van der Waals surface area (Å²) >= 11 is 5.72. The van der Waals surface area contributed by atoms with Crippen molar-refractivity contribution in [1.82, 2.24) is 4.90 Å². The van der Waals surface area contributed by atoms with Gasteiger partial charge in [0, 0.05) is 25.6 Å². The van der Waals surface area contributed by atoms with Crippen molar-refractivity contribution in [2.75, 3.05) is 26.1 Å². The maximum Gasteiger partial charge on any atom is 0.0670 e. The highest BCUT2D eigenvalue weighted by atomic mass is 35.5. The van der Waals surface area contributed by atoms with Crippen LogP contribution in [0.4, 0.5) is 0 Å². The Morgan fingerprint density at radius 3 is 2.64 bits per heavy atom. The molecule has 0 N–H and O–H groups in total. The van der Waals surface area contributed by atoms with Crippen LogP contribution in [0, 0.1) is 0 Å². The van der Waals surface area contributed by atoms with Gasteiger partial charge in [-0.3, -0.25) is 4.90 Å². The summed E-state index contributed by atoms with van der Waals surface area (Å²) in [6.07, 6.45) is 5.54. The molecule has 14 heavy (non-hydrogen) atoms. The molecule has 1 atom stereocenters. The summed E-state index contributed by atoms with van der Waals surface area (Å²) in [5, 5.41) is 0. The maximum atomic E-state index is 5.72. The van der Waals surface area contributed by atoms with Gasteiger partial charge in [-0.15, -0.1) is 11.6 Å². The highest BCUT2D eigenvalue weighted by Crippen LogP contribution is 2.25. The van der Waals surface area contributed by atoms with E-state index < -0.39 is 0 Å². The Balaban J connectivity index is 2.27. The molecule has 0 aliphatic heterocycles. The number of alkyl halides is 1. The second-order valence-electron chi connectivity index (χ2n) is 4.17. The Kier molecular flexibility index (Phi) is 5.83. The number of methoxy groups -OCH3 is 1.